The highest BCUT2D eigenvalue weighted by Crippen LogP contribution is 2.13. The summed E-state index contributed by atoms with van der Waals surface area (Å²) in [6.45, 7) is 7.76. The maximum atomic E-state index is 12.1. The Balaban J connectivity index is 2.27. The van der Waals surface area contributed by atoms with Crippen LogP contribution in [0.25, 0.3) is 0 Å². The maximum absolute atomic E-state index is 12.1. The van der Waals surface area contributed by atoms with Crippen molar-refractivity contribution < 1.29 is 8.78 Å². The predicted octanol–water partition coefficient (Wildman–Crippen LogP) is 1.71. The van der Waals surface area contributed by atoms with E-state index in [0.717, 1.165) is 19.5 Å². The van der Waals surface area contributed by atoms with Gasteiger partial charge in [0.25, 0.3) is 6.43 Å². The first-order valence-electron chi connectivity index (χ1n) is 5.15. The van der Waals surface area contributed by atoms with E-state index >= 15 is 0 Å². The number of halogens is 2. The Bertz CT molecular complexity index is 177. The molecule has 84 valence electrons. The Morgan fingerprint density at radius 1 is 1.43 bits per heavy atom. The van der Waals surface area contributed by atoms with Crippen LogP contribution in [0, 0.1) is 0 Å². The SMILES string of the molecule is CC(C)(C)N[C@@H]1CCN(CC(F)F)C1. The normalized spacial score (nSPS) is 24.9. The standard InChI is InChI=1S/C10H20F2N2/c1-10(2,3)13-8-4-5-14(6-8)7-9(11)12/h8-9,13H,4-7H2,1-3H3/t8-/m1/s1. The molecule has 0 aromatic carbocycles. The van der Waals surface area contributed by atoms with Crippen molar-refractivity contribution in [2.24, 2.45) is 0 Å². The first kappa shape index (κ1) is 11.9. The molecule has 0 spiro atoms. The second kappa shape index (κ2) is 4.53. The fourth-order valence-corrected chi connectivity index (χ4v) is 1.92. The fourth-order valence-electron chi connectivity index (χ4n) is 1.92. The zero-order chi connectivity index (χ0) is 10.8. The highest BCUT2D eigenvalue weighted by atomic mass is 19.3. The van der Waals surface area contributed by atoms with Crippen LogP contribution in [0.2, 0.25) is 0 Å². The summed E-state index contributed by atoms with van der Waals surface area (Å²) >= 11 is 0. The van der Waals surface area contributed by atoms with E-state index in [1.165, 1.54) is 0 Å². The van der Waals surface area contributed by atoms with Crippen LogP contribution in [-0.4, -0.2) is 42.5 Å². The molecule has 0 unspecified atom stereocenters. The van der Waals surface area contributed by atoms with Crippen LogP contribution >= 0.6 is 0 Å². The molecule has 1 heterocycles. The van der Waals surface area contributed by atoms with E-state index in [2.05, 4.69) is 26.1 Å². The van der Waals surface area contributed by atoms with Crippen molar-refractivity contribution in [3.05, 3.63) is 0 Å². The van der Waals surface area contributed by atoms with Gasteiger partial charge in [0.2, 0.25) is 0 Å². The van der Waals surface area contributed by atoms with Crippen LogP contribution < -0.4 is 5.32 Å². The van der Waals surface area contributed by atoms with Crippen LogP contribution in [-0.2, 0) is 0 Å². The van der Waals surface area contributed by atoms with E-state index in [1.807, 2.05) is 4.90 Å². The number of hydrogen-bond donors (Lipinski definition) is 1. The van der Waals surface area contributed by atoms with Crippen molar-refractivity contribution >= 4 is 0 Å². The van der Waals surface area contributed by atoms with Gasteiger partial charge >= 0.3 is 0 Å². The van der Waals surface area contributed by atoms with Gasteiger partial charge in [-0.3, -0.25) is 4.90 Å². The lowest BCUT2D eigenvalue weighted by Crippen LogP contribution is -2.45. The first-order valence-corrected chi connectivity index (χ1v) is 5.15. The molecule has 0 bridgehead atoms. The Hall–Kier alpha value is -0.220. The van der Waals surface area contributed by atoms with Crippen LogP contribution in [0.1, 0.15) is 27.2 Å². The number of alkyl halides is 2. The topological polar surface area (TPSA) is 15.3 Å². The molecule has 1 aliphatic heterocycles. The molecule has 2 nitrogen and oxygen atoms in total. The molecule has 1 atom stereocenters. The molecule has 1 saturated heterocycles. The molecule has 1 rings (SSSR count). The second-order valence-electron chi connectivity index (χ2n) is 5.03. The van der Waals surface area contributed by atoms with E-state index in [4.69, 9.17) is 0 Å². The van der Waals surface area contributed by atoms with E-state index in [9.17, 15) is 8.78 Å². The number of nitrogens with one attached hydrogen (secondary N) is 1. The molecule has 0 aromatic heterocycles. The summed E-state index contributed by atoms with van der Waals surface area (Å²) < 4.78 is 24.2. The lowest BCUT2D eigenvalue weighted by molar-refractivity contribution is 0.0982. The monoisotopic (exact) mass is 206 g/mol. The molecule has 1 N–H and O–H groups in total. The van der Waals surface area contributed by atoms with Gasteiger partial charge in [0.1, 0.15) is 0 Å². The lowest BCUT2D eigenvalue weighted by atomic mass is 10.1. The van der Waals surface area contributed by atoms with Crippen LogP contribution in [0.3, 0.4) is 0 Å². The van der Waals surface area contributed by atoms with E-state index in [-0.39, 0.29) is 12.1 Å². The van der Waals surface area contributed by atoms with Crippen molar-refractivity contribution in [2.45, 2.75) is 45.2 Å². The highest BCUT2D eigenvalue weighted by Gasteiger charge is 2.26. The van der Waals surface area contributed by atoms with E-state index in [0.29, 0.717) is 6.04 Å². The third-order valence-corrected chi connectivity index (χ3v) is 2.31. The minimum absolute atomic E-state index is 0.0749. The average molecular weight is 206 g/mol. The molecule has 1 fully saturated rings. The zero-order valence-electron chi connectivity index (χ0n) is 9.19. The van der Waals surface area contributed by atoms with Crippen molar-refractivity contribution in [1.82, 2.24) is 10.2 Å². The maximum Gasteiger partial charge on any atom is 0.251 e. The molecule has 0 radical (unpaired) electrons. The van der Waals surface area contributed by atoms with Crippen LogP contribution in [0.5, 0.6) is 0 Å². The van der Waals surface area contributed by atoms with Crippen molar-refractivity contribution in [3.63, 3.8) is 0 Å². The second-order valence-corrected chi connectivity index (χ2v) is 5.03. The van der Waals surface area contributed by atoms with Crippen LogP contribution in [0.15, 0.2) is 0 Å². The Labute approximate surface area is 84.7 Å². The van der Waals surface area contributed by atoms with Gasteiger partial charge in [0.05, 0.1) is 6.54 Å². The van der Waals surface area contributed by atoms with Gasteiger partial charge in [-0.1, -0.05) is 0 Å². The van der Waals surface area contributed by atoms with Gasteiger partial charge in [-0.2, -0.15) is 0 Å². The third kappa shape index (κ3) is 4.33. The van der Waals surface area contributed by atoms with Crippen molar-refractivity contribution in [2.75, 3.05) is 19.6 Å². The molecule has 0 aliphatic carbocycles. The summed E-state index contributed by atoms with van der Waals surface area (Å²) in [5.74, 6) is 0. The van der Waals surface area contributed by atoms with E-state index in [1.54, 1.807) is 0 Å². The molecule has 0 aromatic rings. The number of hydrogen-bond acceptors (Lipinski definition) is 2. The number of nitrogens with zero attached hydrogens (tertiary/aromatic N) is 1. The molecular weight excluding hydrogens is 186 g/mol. The third-order valence-electron chi connectivity index (χ3n) is 2.31. The molecule has 0 saturated carbocycles. The first-order chi connectivity index (χ1) is 6.37. The average Bonchev–Trinajstić information content (AvgIpc) is 2.30. The minimum atomic E-state index is -2.21. The van der Waals surface area contributed by atoms with Gasteiger partial charge < -0.3 is 5.32 Å². The molecule has 4 heteroatoms. The predicted molar refractivity (Wildman–Crippen MR) is 53.7 cm³/mol. The van der Waals surface area contributed by atoms with Crippen molar-refractivity contribution in [1.29, 1.82) is 0 Å². The summed E-state index contributed by atoms with van der Waals surface area (Å²) in [6.07, 6.45) is -1.23. The van der Waals surface area contributed by atoms with Crippen molar-refractivity contribution in [3.8, 4) is 0 Å². The Morgan fingerprint density at radius 2 is 2.07 bits per heavy atom. The fraction of sp³-hybridized carbons (Fsp3) is 1.00. The largest absolute Gasteiger partial charge is 0.308 e. The highest BCUT2D eigenvalue weighted by molar-refractivity contribution is 4.86. The molecule has 1 aliphatic rings. The Kier molecular flexibility index (Phi) is 3.84. The van der Waals surface area contributed by atoms with Gasteiger partial charge in [-0.05, 0) is 33.7 Å². The zero-order valence-corrected chi connectivity index (χ0v) is 9.19. The van der Waals surface area contributed by atoms with Gasteiger partial charge in [-0.15, -0.1) is 0 Å². The smallest absolute Gasteiger partial charge is 0.251 e. The van der Waals surface area contributed by atoms with Gasteiger partial charge in [0.15, 0.2) is 0 Å². The Morgan fingerprint density at radius 3 is 2.57 bits per heavy atom. The summed E-state index contributed by atoms with van der Waals surface area (Å²) in [5.41, 5.74) is 0.0749. The van der Waals surface area contributed by atoms with Gasteiger partial charge in [0, 0.05) is 18.1 Å². The number of rotatable bonds is 3. The molecular formula is C10H20F2N2. The summed E-state index contributed by atoms with van der Waals surface area (Å²) in [4.78, 5) is 1.83. The molecule has 0 amide bonds. The summed E-state index contributed by atoms with van der Waals surface area (Å²) in [5, 5.41) is 3.43. The summed E-state index contributed by atoms with van der Waals surface area (Å²) in [7, 11) is 0. The van der Waals surface area contributed by atoms with Gasteiger partial charge in [-0.25, -0.2) is 8.78 Å². The van der Waals surface area contributed by atoms with Crippen LogP contribution in [0.4, 0.5) is 8.78 Å². The summed E-state index contributed by atoms with van der Waals surface area (Å²) in [6, 6.07) is 0.369. The lowest BCUT2D eigenvalue weighted by Gasteiger charge is -2.26. The number of likely N-dealkylation sites (tertiary alicyclic amines) is 1. The minimum Gasteiger partial charge on any atom is -0.308 e. The molecule has 14 heavy (non-hydrogen) atoms. The van der Waals surface area contributed by atoms with E-state index < -0.39 is 6.43 Å². The quantitative estimate of drug-likeness (QED) is 0.756.